The lowest BCUT2D eigenvalue weighted by Gasteiger charge is -2.20. The molecule has 0 saturated carbocycles. The first-order valence-corrected chi connectivity index (χ1v) is 7.97. The highest BCUT2D eigenvalue weighted by molar-refractivity contribution is 5.97. The minimum Gasteiger partial charge on any atom is -0.495 e. The predicted octanol–water partition coefficient (Wildman–Crippen LogP) is 3.35. The van der Waals surface area contributed by atoms with Gasteiger partial charge in [-0.15, -0.1) is 0 Å². The number of nitro groups is 1. The number of anilines is 3. The number of ether oxygens (including phenoxy) is 1. The minimum absolute atomic E-state index is 0.0356. The van der Waals surface area contributed by atoms with E-state index in [-0.39, 0.29) is 17.2 Å². The zero-order valence-electron chi connectivity index (χ0n) is 14.1. The summed E-state index contributed by atoms with van der Waals surface area (Å²) in [7, 11) is 1.54. The molecule has 0 aliphatic carbocycles. The van der Waals surface area contributed by atoms with Crippen molar-refractivity contribution < 1.29 is 14.5 Å². The number of carbonyl (C=O) groups excluding carboxylic acids is 1. The fraction of sp³-hybridized carbons (Fsp3) is 0.222. The zero-order valence-corrected chi connectivity index (χ0v) is 14.1. The average Bonchev–Trinajstić information content (AvgIpc) is 3.07. The van der Waals surface area contributed by atoms with Gasteiger partial charge in [-0.1, -0.05) is 0 Å². The summed E-state index contributed by atoms with van der Waals surface area (Å²) in [6.07, 6.45) is 1.29. The molecule has 132 valence electrons. The SMILES string of the molecule is COc1ccc(Nc2ccc([N+](=O)[O-])cc2C#N)cc1N1CCCC1=O. The summed E-state index contributed by atoms with van der Waals surface area (Å²) in [6, 6.07) is 11.3. The van der Waals surface area contributed by atoms with Gasteiger partial charge in [-0.25, -0.2) is 0 Å². The molecule has 1 aliphatic rings. The first kappa shape index (κ1) is 17.2. The van der Waals surface area contributed by atoms with Crippen molar-refractivity contribution in [1.82, 2.24) is 0 Å². The van der Waals surface area contributed by atoms with Gasteiger partial charge in [-0.05, 0) is 30.7 Å². The molecule has 1 saturated heterocycles. The van der Waals surface area contributed by atoms with Crippen LogP contribution in [0, 0.1) is 21.4 Å². The van der Waals surface area contributed by atoms with E-state index in [0.717, 1.165) is 6.42 Å². The number of hydrogen-bond donors (Lipinski definition) is 1. The van der Waals surface area contributed by atoms with E-state index < -0.39 is 4.92 Å². The van der Waals surface area contributed by atoms with E-state index in [1.807, 2.05) is 6.07 Å². The molecule has 0 aromatic heterocycles. The molecule has 8 heteroatoms. The Bertz CT molecular complexity index is 920. The number of nitriles is 1. The highest BCUT2D eigenvalue weighted by Crippen LogP contribution is 2.35. The highest BCUT2D eigenvalue weighted by atomic mass is 16.6. The number of non-ortho nitro benzene ring substituents is 1. The monoisotopic (exact) mass is 352 g/mol. The molecule has 0 spiro atoms. The summed E-state index contributed by atoms with van der Waals surface area (Å²) in [6.45, 7) is 0.625. The summed E-state index contributed by atoms with van der Waals surface area (Å²) in [5.74, 6) is 0.614. The number of nitro benzene ring substituents is 1. The normalized spacial score (nSPS) is 13.4. The maximum atomic E-state index is 12.1. The van der Waals surface area contributed by atoms with E-state index in [9.17, 15) is 20.2 Å². The highest BCUT2D eigenvalue weighted by Gasteiger charge is 2.24. The van der Waals surface area contributed by atoms with Crippen molar-refractivity contribution in [2.75, 3.05) is 23.9 Å². The topological polar surface area (TPSA) is 108 Å². The van der Waals surface area contributed by atoms with Gasteiger partial charge >= 0.3 is 0 Å². The third-order valence-corrected chi connectivity index (χ3v) is 4.16. The number of carbonyl (C=O) groups is 1. The number of rotatable bonds is 5. The molecule has 0 radical (unpaired) electrons. The van der Waals surface area contributed by atoms with Gasteiger partial charge in [0.2, 0.25) is 5.91 Å². The van der Waals surface area contributed by atoms with Gasteiger partial charge in [0, 0.05) is 30.8 Å². The number of hydrogen-bond acceptors (Lipinski definition) is 6. The van der Waals surface area contributed by atoms with E-state index in [1.165, 1.54) is 25.3 Å². The fourth-order valence-electron chi connectivity index (χ4n) is 2.88. The Labute approximate surface area is 149 Å². The quantitative estimate of drug-likeness (QED) is 0.653. The van der Waals surface area contributed by atoms with Crippen molar-refractivity contribution in [3.05, 3.63) is 52.1 Å². The molecular formula is C18H16N4O4. The zero-order chi connectivity index (χ0) is 18.7. The van der Waals surface area contributed by atoms with E-state index in [0.29, 0.717) is 35.8 Å². The van der Waals surface area contributed by atoms with Crippen LogP contribution < -0.4 is 15.0 Å². The van der Waals surface area contributed by atoms with Crippen molar-refractivity contribution in [2.45, 2.75) is 12.8 Å². The molecule has 8 nitrogen and oxygen atoms in total. The van der Waals surface area contributed by atoms with Gasteiger partial charge in [0.15, 0.2) is 0 Å². The van der Waals surface area contributed by atoms with Gasteiger partial charge in [0.1, 0.15) is 11.8 Å². The number of amides is 1. The van der Waals surface area contributed by atoms with Crippen molar-refractivity contribution >= 4 is 28.7 Å². The molecule has 1 N–H and O–H groups in total. The first-order chi connectivity index (χ1) is 12.5. The maximum absolute atomic E-state index is 12.1. The van der Waals surface area contributed by atoms with Crippen LogP contribution in [0.15, 0.2) is 36.4 Å². The van der Waals surface area contributed by atoms with Crippen LogP contribution in [0.1, 0.15) is 18.4 Å². The standard InChI is InChI=1S/C18H16N4O4/c1-26-17-7-4-13(10-16(17)21-8-2-3-18(21)23)20-15-6-5-14(22(24)25)9-12(15)11-19/h4-7,9-10,20H,2-3,8H2,1H3. The summed E-state index contributed by atoms with van der Waals surface area (Å²) in [5.41, 5.74) is 1.76. The van der Waals surface area contributed by atoms with Crippen LogP contribution in [0.25, 0.3) is 0 Å². The van der Waals surface area contributed by atoms with Crippen LogP contribution in [-0.4, -0.2) is 24.5 Å². The van der Waals surface area contributed by atoms with Crippen molar-refractivity contribution in [3.8, 4) is 11.8 Å². The van der Waals surface area contributed by atoms with Crippen LogP contribution in [0.3, 0.4) is 0 Å². The van der Waals surface area contributed by atoms with Gasteiger partial charge in [0.25, 0.3) is 5.69 Å². The third-order valence-electron chi connectivity index (χ3n) is 4.16. The van der Waals surface area contributed by atoms with Gasteiger partial charge < -0.3 is 15.0 Å². The van der Waals surface area contributed by atoms with Crippen LogP contribution in [0.2, 0.25) is 0 Å². The predicted molar refractivity (Wildman–Crippen MR) is 95.7 cm³/mol. The summed E-state index contributed by atoms with van der Waals surface area (Å²) < 4.78 is 5.35. The number of benzene rings is 2. The Morgan fingerprint density at radius 3 is 2.73 bits per heavy atom. The summed E-state index contributed by atoms with van der Waals surface area (Å²) >= 11 is 0. The molecular weight excluding hydrogens is 336 g/mol. The van der Waals surface area contributed by atoms with Crippen LogP contribution in [-0.2, 0) is 4.79 Å². The number of nitrogens with zero attached hydrogens (tertiary/aromatic N) is 3. The van der Waals surface area contributed by atoms with Crippen molar-refractivity contribution in [2.24, 2.45) is 0 Å². The van der Waals surface area contributed by atoms with Crippen molar-refractivity contribution in [1.29, 1.82) is 5.26 Å². The molecule has 3 rings (SSSR count). The molecule has 0 bridgehead atoms. The number of nitrogens with one attached hydrogen (secondary N) is 1. The van der Waals surface area contributed by atoms with E-state index >= 15 is 0 Å². The lowest BCUT2D eigenvalue weighted by atomic mass is 10.1. The minimum atomic E-state index is -0.547. The Morgan fingerprint density at radius 2 is 2.12 bits per heavy atom. The molecule has 26 heavy (non-hydrogen) atoms. The molecule has 1 aliphatic heterocycles. The number of methoxy groups -OCH3 is 1. The molecule has 1 fully saturated rings. The second-order valence-corrected chi connectivity index (χ2v) is 5.76. The Morgan fingerprint density at radius 1 is 1.31 bits per heavy atom. The Balaban J connectivity index is 1.95. The molecule has 2 aromatic carbocycles. The van der Waals surface area contributed by atoms with Crippen molar-refractivity contribution in [3.63, 3.8) is 0 Å². The largest absolute Gasteiger partial charge is 0.495 e. The van der Waals surface area contributed by atoms with E-state index in [2.05, 4.69) is 5.32 Å². The van der Waals surface area contributed by atoms with Gasteiger partial charge in [0.05, 0.1) is 29.0 Å². The Hall–Kier alpha value is -3.60. The molecule has 0 unspecified atom stereocenters. The van der Waals surface area contributed by atoms with Gasteiger partial charge in [-0.2, -0.15) is 5.26 Å². The lowest BCUT2D eigenvalue weighted by Crippen LogP contribution is -2.24. The molecule has 2 aromatic rings. The smallest absolute Gasteiger partial charge is 0.270 e. The first-order valence-electron chi connectivity index (χ1n) is 7.97. The Kier molecular flexibility index (Phi) is 4.71. The lowest BCUT2D eigenvalue weighted by molar-refractivity contribution is -0.384. The van der Waals surface area contributed by atoms with Gasteiger partial charge in [-0.3, -0.25) is 14.9 Å². The van der Waals surface area contributed by atoms with E-state index in [1.54, 1.807) is 23.1 Å². The second kappa shape index (κ2) is 7.11. The average molecular weight is 352 g/mol. The van der Waals surface area contributed by atoms with Crippen LogP contribution in [0.5, 0.6) is 5.75 Å². The molecule has 0 atom stereocenters. The van der Waals surface area contributed by atoms with Crippen LogP contribution >= 0.6 is 0 Å². The molecule has 1 amide bonds. The van der Waals surface area contributed by atoms with E-state index in [4.69, 9.17) is 4.74 Å². The molecule has 1 heterocycles. The maximum Gasteiger partial charge on any atom is 0.270 e. The summed E-state index contributed by atoms with van der Waals surface area (Å²) in [4.78, 5) is 24.0. The summed E-state index contributed by atoms with van der Waals surface area (Å²) in [5, 5.41) is 23.2. The second-order valence-electron chi connectivity index (χ2n) is 5.76. The van der Waals surface area contributed by atoms with Crippen LogP contribution in [0.4, 0.5) is 22.7 Å². The fourth-order valence-corrected chi connectivity index (χ4v) is 2.88. The third kappa shape index (κ3) is 3.28.